The molecule has 7 heteroatoms. The van der Waals surface area contributed by atoms with Gasteiger partial charge in [0.2, 0.25) is 0 Å². The van der Waals surface area contributed by atoms with E-state index >= 15 is 0 Å². The molecular weight excluding hydrogens is 338 g/mol. The Morgan fingerprint density at radius 1 is 1.50 bits per heavy atom. The monoisotopic (exact) mass is 353 g/mol. The first-order valence-electron chi connectivity index (χ1n) is 5.93. The Balaban J connectivity index is 2.30. The lowest BCUT2D eigenvalue weighted by Gasteiger charge is -2.34. The van der Waals surface area contributed by atoms with Crippen molar-refractivity contribution in [2.45, 2.75) is 35.9 Å². The molecule has 0 amide bonds. The molecule has 1 N–H and O–H groups in total. The van der Waals surface area contributed by atoms with E-state index in [-0.39, 0.29) is 12.6 Å². The highest BCUT2D eigenvalue weighted by Gasteiger charge is 2.34. The third-order valence-corrected chi connectivity index (χ3v) is 7.76. The lowest BCUT2D eigenvalue weighted by atomic mass is 10.0. The van der Waals surface area contributed by atoms with Crippen LogP contribution in [-0.2, 0) is 10.0 Å². The fourth-order valence-corrected chi connectivity index (χ4v) is 6.45. The molecule has 0 saturated carbocycles. The summed E-state index contributed by atoms with van der Waals surface area (Å²) < 4.78 is 27.7. The lowest BCUT2D eigenvalue weighted by Crippen LogP contribution is -2.43. The van der Waals surface area contributed by atoms with Gasteiger partial charge >= 0.3 is 0 Å². The minimum atomic E-state index is -3.43. The number of hydrogen-bond acceptors (Lipinski definition) is 4. The summed E-state index contributed by atoms with van der Waals surface area (Å²) in [6.45, 7) is 0.583. The lowest BCUT2D eigenvalue weighted by molar-refractivity contribution is 0.192. The largest absolute Gasteiger partial charge is 0.396 e. The molecule has 0 aromatic carbocycles. The van der Waals surface area contributed by atoms with E-state index in [0.29, 0.717) is 21.6 Å². The Hall–Kier alpha value is 0.0500. The van der Waals surface area contributed by atoms with E-state index in [0.717, 1.165) is 19.3 Å². The van der Waals surface area contributed by atoms with Crippen LogP contribution in [0.25, 0.3) is 0 Å². The van der Waals surface area contributed by atoms with Gasteiger partial charge in [-0.3, -0.25) is 0 Å². The number of aliphatic hydroxyl groups is 1. The van der Waals surface area contributed by atoms with Crippen LogP contribution in [0.5, 0.6) is 0 Å². The van der Waals surface area contributed by atoms with Crippen LogP contribution in [0, 0.1) is 0 Å². The smallest absolute Gasteiger partial charge is 0.253 e. The molecule has 1 atom stereocenters. The van der Waals surface area contributed by atoms with Crippen LogP contribution in [0.3, 0.4) is 0 Å². The average Bonchev–Trinajstić information content (AvgIpc) is 2.77. The predicted molar refractivity (Wildman–Crippen MR) is 75.3 cm³/mol. The molecule has 2 rings (SSSR count). The second-order valence-corrected chi connectivity index (χ2v) is 8.19. The minimum absolute atomic E-state index is 0.0301. The van der Waals surface area contributed by atoms with Gasteiger partial charge in [-0.15, -0.1) is 11.3 Å². The van der Waals surface area contributed by atoms with Crippen LogP contribution in [0.1, 0.15) is 25.7 Å². The molecule has 1 aromatic rings. The summed E-state index contributed by atoms with van der Waals surface area (Å²) >= 11 is 4.51. The van der Waals surface area contributed by atoms with Crippen molar-refractivity contribution < 1.29 is 13.5 Å². The highest BCUT2D eigenvalue weighted by molar-refractivity contribution is 9.10. The summed E-state index contributed by atoms with van der Waals surface area (Å²) in [6, 6.07) is 1.69. The third-order valence-electron chi connectivity index (χ3n) is 3.16. The topological polar surface area (TPSA) is 57.6 Å². The van der Waals surface area contributed by atoms with E-state index in [9.17, 15) is 8.42 Å². The van der Waals surface area contributed by atoms with Gasteiger partial charge in [-0.05, 0) is 46.6 Å². The van der Waals surface area contributed by atoms with Crippen LogP contribution < -0.4 is 0 Å². The Kier molecular flexibility index (Phi) is 4.82. The van der Waals surface area contributed by atoms with Crippen molar-refractivity contribution in [2.75, 3.05) is 13.2 Å². The van der Waals surface area contributed by atoms with Gasteiger partial charge < -0.3 is 5.11 Å². The van der Waals surface area contributed by atoms with E-state index in [2.05, 4.69) is 15.9 Å². The normalized spacial score (nSPS) is 22.2. The minimum Gasteiger partial charge on any atom is -0.396 e. The van der Waals surface area contributed by atoms with Crippen LogP contribution in [0.4, 0.5) is 0 Å². The molecule has 0 radical (unpaired) electrons. The van der Waals surface area contributed by atoms with Gasteiger partial charge in [-0.1, -0.05) is 6.42 Å². The van der Waals surface area contributed by atoms with Gasteiger partial charge in [0.1, 0.15) is 4.21 Å². The maximum atomic E-state index is 12.6. The quantitative estimate of drug-likeness (QED) is 0.904. The predicted octanol–water partition coefficient (Wildman–Crippen LogP) is 2.44. The van der Waals surface area contributed by atoms with E-state index < -0.39 is 10.0 Å². The van der Waals surface area contributed by atoms with Crippen molar-refractivity contribution in [3.8, 4) is 0 Å². The van der Waals surface area contributed by atoms with Crippen LogP contribution in [-0.4, -0.2) is 37.0 Å². The summed E-state index contributed by atoms with van der Waals surface area (Å²) in [6.07, 6.45) is 3.28. The highest BCUT2D eigenvalue weighted by atomic mass is 79.9. The van der Waals surface area contributed by atoms with Gasteiger partial charge in [-0.2, -0.15) is 4.31 Å². The van der Waals surface area contributed by atoms with Crippen molar-refractivity contribution in [3.63, 3.8) is 0 Å². The Morgan fingerprint density at radius 2 is 2.28 bits per heavy atom. The molecule has 1 aliphatic rings. The van der Waals surface area contributed by atoms with Gasteiger partial charge in [0, 0.05) is 23.7 Å². The Labute approximate surface area is 120 Å². The number of halogens is 1. The standard InChI is InChI=1S/C11H16BrNO3S2/c12-10-5-8-17-11(10)18(15,16)13-6-2-1-3-9(13)4-7-14/h5,8-9,14H,1-4,6-7H2. The molecule has 1 fully saturated rings. The number of thiophene rings is 1. The van der Waals surface area contributed by atoms with Gasteiger partial charge in [0.15, 0.2) is 0 Å². The molecular formula is C11H16BrNO3S2. The maximum absolute atomic E-state index is 12.6. The summed E-state index contributed by atoms with van der Waals surface area (Å²) in [5.41, 5.74) is 0. The zero-order valence-corrected chi connectivity index (χ0v) is 13.1. The molecule has 1 aromatic heterocycles. The van der Waals surface area contributed by atoms with Crippen LogP contribution in [0.2, 0.25) is 0 Å². The fourth-order valence-electron chi connectivity index (χ4n) is 2.30. The Morgan fingerprint density at radius 3 is 2.89 bits per heavy atom. The van der Waals surface area contributed by atoms with Gasteiger partial charge in [0.05, 0.1) is 0 Å². The summed E-state index contributed by atoms with van der Waals surface area (Å²) in [5, 5.41) is 10.8. The molecule has 0 spiro atoms. The van der Waals surface area contributed by atoms with Crippen LogP contribution in [0.15, 0.2) is 20.1 Å². The van der Waals surface area contributed by atoms with Crippen molar-refractivity contribution in [1.29, 1.82) is 0 Å². The van der Waals surface area contributed by atoms with E-state index in [1.165, 1.54) is 11.3 Å². The first-order valence-corrected chi connectivity index (χ1v) is 9.04. The third kappa shape index (κ3) is 2.80. The molecule has 1 aliphatic heterocycles. The zero-order valence-electron chi connectivity index (χ0n) is 9.88. The number of rotatable bonds is 4. The van der Waals surface area contributed by atoms with E-state index in [1.54, 1.807) is 15.8 Å². The molecule has 0 bridgehead atoms. The fraction of sp³-hybridized carbons (Fsp3) is 0.636. The van der Waals surface area contributed by atoms with Crippen molar-refractivity contribution in [3.05, 3.63) is 15.9 Å². The second-order valence-electron chi connectivity index (χ2n) is 4.33. The highest BCUT2D eigenvalue weighted by Crippen LogP contribution is 2.34. The van der Waals surface area contributed by atoms with Gasteiger partial charge in [-0.25, -0.2) is 8.42 Å². The van der Waals surface area contributed by atoms with Gasteiger partial charge in [0.25, 0.3) is 10.0 Å². The molecule has 4 nitrogen and oxygen atoms in total. The van der Waals surface area contributed by atoms with Crippen molar-refractivity contribution in [2.24, 2.45) is 0 Å². The number of nitrogens with zero attached hydrogens (tertiary/aromatic N) is 1. The SMILES string of the molecule is O=S(=O)(c1sccc1Br)N1CCCCC1CCO. The van der Waals surface area contributed by atoms with Crippen molar-refractivity contribution >= 4 is 37.3 Å². The molecule has 18 heavy (non-hydrogen) atoms. The number of sulfonamides is 1. The molecule has 1 saturated heterocycles. The number of hydrogen-bond donors (Lipinski definition) is 1. The van der Waals surface area contributed by atoms with E-state index in [1.807, 2.05) is 0 Å². The number of aliphatic hydroxyl groups excluding tert-OH is 1. The first kappa shape index (κ1) is 14.5. The molecule has 2 heterocycles. The number of piperidine rings is 1. The summed E-state index contributed by atoms with van der Waals surface area (Å²) in [5.74, 6) is 0. The van der Waals surface area contributed by atoms with Crippen molar-refractivity contribution in [1.82, 2.24) is 4.31 Å². The summed E-state index contributed by atoms with van der Waals surface area (Å²) in [4.78, 5) is 0. The van der Waals surface area contributed by atoms with Crippen LogP contribution >= 0.6 is 27.3 Å². The molecule has 0 aliphatic carbocycles. The molecule has 1 unspecified atom stereocenters. The Bertz CT molecular complexity index is 498. The van der Waals surface area contributed by atoms with E-state index in [4.69, 9.17) is 5.11 Å². The molecule has 102 valence electrons. The first-order chi connectivity index (χ1) is 8.57. The average molecular weight is 354 g/mol. The zero-order chi connectivity index (χ0) is 13.2. The maximum Gasteiger partial charge on any atom is 0.253 e. The summed E-state index contributed by atoms with van der Waals surface area (Å²) in [7, 11) is -3.43. The second kappa shape index (κ2) is 6.00.